The highest BCUT2D eigenvalue weighted by molar-refractivity contribution is 5.68. The average Bonchev–Trinajstić information content (AvgIpc) is 2.27. The monoisotopic (exact) mass is 255 g/mol. The molecular formula is C14H25NO3. The number of rotatable bonds is 3. The van der Waals surface area contributed by atoms with Crippen LogP contribution in [-0.4, -0.2) is 41.4 Å². The van der Waals surface area contributed by atoms with Crippen molar-refractivity contribution in [3.8, 4) is 0 Å². The van der Waals surface area contributed by atoms with Gasteiger partial charge in [-0.05, 0) is 40.0 Å². The maximum atomic E-state index is 12.0. The predicted molar refractivity (Wildman–Crippen MR) is 71.4 cm³/mol. The first-order chi connectivity index (χ1) is 8.32. The molecule has 1 aliphatic heterocycles. The number of aliphatic hydroxyl groups is 1. The highest BCUT2D eigenvalue weighted by Crippen LogP contribution is 2.33. The molecule has 0 aromatic rings. The minimum atomic E-state index is -0.477. The quantitative estimate of drug-likeness (QED) is 0.789. The van der Waals surface area contributed by atoms with Crippen LogP contribution in [0.4, 0.5) is 4.79 Å². The van der Waals surface area contributed by atoms with Gasteiger partial charge in [0.1, 0.15) is 5.60 Å². The van der Waals surface area contributed by atoms with Gasteiger partial charge < -0.3 is 14.7 Å². The van der Waals surface area contributed by atoms with E-state index in [1.807, 2.05) is 26.8 Å². The molecule has 0 aromatic carbocycles. The van der Waals surface area contributed by atoms with Crippen molar-refractivity contribution in [1.29, 1.82) is 0 Å². The number of aliphatic hydroxyl groups excluding tert-OH is 1. The topological polar surface area (TPSA) is 49.8 Å². The third-order valence-electron chi connectivity index (χ3n) is 3.23. The molecule has 0 saturated carbocycles. The van der Waals surface area contributed by atoms with Crippen molar-refractivity contribution >= 4 is 6.09 Å². The lowest BCUT2D eigenvalue weighted by molar-refractivity contribution is -0.00767. The van der Waals surface area contributed by atoms with Crippen LogP contribution in [-0.2, 0) is 4.74 Å². The molecule has 4 heteroatoms. The van der Waals surface area contributed by atoms with Crippen molar-refractivity contribution in [3.05, 3.63) is 12.7 Å². The molecule has 1 fully saturated rings. The Morgan fingerprint density at radius 2 is 2.22 bits per heavy atom. The summed E-state index contributed by atoms with van der Waals surface area (Å²) in [5, 5.41) is 9.58. The Morgan fingerprint density at radius 3 is 2.72 bits per heavy atom. The summed E-state index contributed by atoms with van der Waals surface area (Å²) in [6.07, 6.45) is 4.07. The first-order valence-corrected chi connectivity index (χ1v) is 6.52. The summed E-state index contributed by atoms with van der Waals surface area (Å²) in [5.74, 6) is 0. The molecule has 1 aliphatic rings. The molecule has 1 rings (SSSR count). The van der Waals surface area contributed by atoms with E-state index in [1.54, 1.807) is 4.90 Å². The third kappa shape index (κ3) is 4.02. The number of carbonyl (C=O) groups excluding carboxylic acids is 1. The zero-order valence-electron chi connectivity index (χ0n) is 11.7. The fourth-order valence-corrected chi connectivity index (χ4v) is 2.36. The lowest BCUT2D eigenvalue weighted by Gasteiger charge is -2.41. The lowest BCUT2D eigenvalue weighted by atomic mass is 9.78. The second-order valence-corrected chi connectivity index (χ2v) is 6.16. The van der Waals surface area contributed by atoms with E-state index in [9.17, 15) is 9.90 Å². The van der Waals surface area contributed by atoms with E-state index in [0.29, 0.717) is 13.1 Å². The van der Waals surface area contributed by atoms with E-state index in [2.05, 4.69) is 6.58 Å². The molecule has 0 radical (unpaired) electrons. The first kappa shape index (κ1) is 15.0. The van der Waals surface area contributed by atoms with Crippen LogP contribution in [0.15, 0.2) is 12.7 Å². The van der Waals surface area contributed by atoms with Gasteiger partial charge in [0, 0.05) is 18.5 Å². The Balaban J connectivity index is 2.68. The number of hydrogen-bond acceptors (Lipinski definition) is 3. The van der Waals surface area contributed by atoms with Crippen LogP contribution in [0.5, 0.6) is 0 Å². The van der Waals surface area contributed by atoms with Gasteiger partial charge in [-0.15, -0.1) is 6.58 Å². The SMILES string of the molecule is C=CCC1(CO)CCCN(C(=O)OC(C)(C)C)C1. The molecule has 1 saturated heterocycles. The Kier molecular flexibility index (Phi) is 4.79. The summed E-state index contributed by atoms with van der Waals surface area (Å²) in [6, 6.07) is 0. The van der Waals surface area contributed by atoms with Gasteiger partial charge in [-0.2, -0.15) is 0 Å². The average molecular weight is 255 g/mol. The Hall–Kier alpha value is -1.03. The number of amides is 1. The second-order valence-electron chi connectivity index (χ2n) is 6.16. The van der Waals surface area contributed by atoms with E-state index < -0.39 is 5.60 Å². The predicted octanol–water partition coefficient (Wildman–Crippen LogP) is 2.57. The second kappa shape index (κ2) is 5.74. The van der Waals surface area contributed by atoms with Crippen LogP contribution in [0, 0.1) is 5.41 Å². The Labute approximate surface area is 110 Å². The summed E-state index contributed by atoms with van der Waals surface area (Å²) >= 11 is 0. The van der Waals surface area contributed by atoms with Crippen LogP contribution in [0.1, 0.15) is 40.0 Å². The van der Waals surface area contributed by atoms with Gasteiger partial charge >= 0.3 is 6.09 Å². The molecule has 0 bridgehead atoms. The number of carbonyl (C=O) groups is 1. The van der Waals surface area contributed by atoms with Gasteiger partial charge in [-0.3, -0.25) is 0 Å². The standard InChI is InChI=1S/C14H25NO3/c1-5-7-14(11-16)8-6-9-15(10-14)12(17)18-13(2,3)4/h5,16H,1,6-11H2,2-4H3. The molecule has 1 atom stereocenters. The normalized spacial score (nSPS) is 24.8. The highest BCUT2D eigenvalue weighted by atomic mass is 16.6. The molecule has 1 amide bonds. The van der Waals surface area contributed by atoms with Crippen LogP contribution >= 0.6 is 0 Å². The Morgan fingerprint density at radius 1 is 1.56 bits per heavy atom. The number of likely N-dealkylation sites (tertiary alicyclic amines) is 1. The van der Waals surface area contributed by atoms with E-state index in [4.69, 9.17) is 4.74 Å². The number of allylic oxidation sites excluding steroid dienone is 1. The van der Waals surface area contributed by atoms with Gasteiger partial charge in [0.15, 0.2) is 0 Å². The molecule has 1 N–H and O–H groups in total. The summed E-state index contributed by atoms with van der Waals surface area (Å²) < 4.78 is 5.37. The fraction of sp³-hybridized carbons (Fsp3) is 0.786. The summed E-state index contributed by atoms with van der Waals surface area (Å²) in [5.41, 5.74) is -0.717. The molecular weight excluding hydrogens is 230 g/mol. The molecule has 104 valence electrons. The maximum absolute atomic E-state index is 12.0. The van der Waals surface area contributed by atoms with Gasteiger partial charge in [-0.25, -0.2) is 4.79 Å². The summed E-state index contributed by atoms with van der Waals surface area (Å²) in [4.78, 5) is 13.7. The molecule has 4 nitrogen and oxygen atoms in total. The number of piperidine rings is 1. The van der Waals surface area contributed by atoms with Gasteiger partial charge in [0.2, 0.25) is 0 Å². The molecule has 0 spiro atoms. The number of hydrogen-bond donors (Lipinski definition) is 1. The van der Waals surface area contributed by atoms with E-state index in [-0.39, 0.29) is 18.1 Å². The summed E-state index contributed by atoms with van der Waals surface area (Å²) in [6.45, 7) is 10.6. The van der Waals surface area contributed by atoms with Gasteiger partial charge in [0.05, 0.1) is 6.61 Å². The summed E-state index contributed by atoms with van der Waals surface area (Å²) in [7, 11) is 0. The van der Waals surface area contributed by atoms with Crippen molar-refractivity contribution in [2.24, 2.45) is 5.41 Å². The molecule has 0 aliphatic carbocycles. The minimum Gasteiger partial charge on any atom is -0.444 e. The third-order valence-corrected chi connectivity index (χ3v) is 3.23. The minimum absolute atomic E-state index is 0.0817. The van der Waals surface area contributed by atoms with E-state index in [1.165, 1.54) is 0 Å². The van der Waals surface area contributed by atoms with Crippen molar-refractivity contribution in [1.82, 2.24) is 4.90 Å². The first-order valence-electron chi connectivity index (χ1n) is 6.52. The molecule has 18 heavy (non-hydrogen) atoms. The van der Waals surface area contributed by atoms with Gasteiger partial charge in [0.25, 0.3) is 0 Å². The zero-order valence-corrected chi connectivity index (χ0v) is 11.7. The zero-order chi connectivity index (χ0) is 13.8. The number of nitrogens with zero attached hydrogens (tertiary/aromatic N) is 1. The fourth-order valence-electron chi connectivity index (χ4n) is 2.36. The molecule has 1 heterocycles. The smallest absolute Gasteiger partial charge is 0.410 e. The van der Waals surface area contributed by atoms with Crippen molar-refractivity contribution < 1.29 is 14.6 Å². The molecule has 1 unspecified atom stereocenters. The van der Waals surface area contributed by atoms with Crippen molar-refractivity contribution in [2.75, 3.05) is 19.7 Å². The van der Waals surface area contributed by atoms with E-state index >= 15 is 0 Å². The largest absolute Gasteiger partial charge is 0.444 e. The lowest BCUT2D eigenvalue weighted by Crippen LogP contribution is -2.49. The molecule has 0 aromatic heterocycles. The highest BCUT2D eigenvalue weighted by Gasteiger charge is 2.37. The van der Waals surface area contributed by atoms with Crippen LogP contribution in [0.2, 0.25) is 0 Å². The van der Waals surface area contributed by atoms with Crippen molar-refractivity contribution in [3.63, 3.8) is 0 Å². The maximum Gasteiger partial charge on any atom is 0.410 e. The van der Waals surface area contributed by atoms with Gasteiger partial charge in [-0.1, -0.05) is 6.08 Å². The number of ether oxygens (including phenoxy) is 1. The van der Waals surface area contributed by atoms with Crippen LogP contribution in [0.25, 0.3) is 0 Å². The van der Waals surface area contributed by atoms with Crippen molar-refractivity contribution in [2.45, 2.75) is 45.6 Å². The Bertz CT molecular complexity index is 309. The van der Waals surface area contributed by atoms with Crippen LogP contribution in [0.3, 0.4) is 0 Å². The van der Waals surface area contributed by atoms with Crippen LogP contribution < -0.4 is 0 Å². The van der Waals surface area contributed by atoms with E-state index in [0.717, 1.165) is 19.3 Å².